The van der Waals surface area contributed by atoms with Crippen molar-refractivity contribution in [1.82, 2.24) is 19.7 Å². The molecule has 1 saturated carbocycles. The van der Waals surface area contributed by atoms with Gasteiger partial charge in [0.15, 0.2) is 0 Å². The van der Waals surface area contributed by atoms with Crippen LogP contribution in [0.1, 0.15) is 69.8 Å². The molecule has 10 nitrogen and oxygen atoms in total. The molecule has 3 heterocycles. The Hall–Kier alpha value is -4.31. The number of anilines is 1. The van der Waals surface area contributed by atoms with Crippen LogP contribution in [-0.2, 0) is 11.9 Å². The van der Waals surface area contributed by atoms with Gasteiger partial charge in [-0.15, -0.1) is 5.10 Å². The Balaban J connectivity index is 0.000000248. The molecule has 0 aromatic carbocycles. The molecule has 10 heteroatoms. The number of hydrogen-bond acceptors (Lipinski definition) is 9. The molecule has 0 aliphatic heterocycles. The van der Waals surface area contributed by atoms with Crippen molar-refractivity contribution in [2.24, 2.45) is 12.2 Å². The summed E-state index contributed by atoms with van der Waals surface area (Å²) in [5.41, 5.74) is 2.21. The maximum Gasteiger partial charge on any atom is 0.270 e. The molecule has 4 rings (SSSR count). The minimum Gasteiger partial charge on any atom is -0.390 e. The highest BCUT2D eigenvalue weighted by Crippen LogP contribution is 2.32. The lowest BCUT2D eigenvalue weighted by molar-refractivity contribution is 0.00195. The molecular weight excluding hydrogens is 468 g/mol. The van der Waals surface area contributed by atoms with Crippen molar-refractivity contribution in [3.8, 4) is 12.1 Å². The smallest absolute Gasteiger partial charge is 0.270 e. The normalized spacial score (nSPS) is 13.9. The minimum atomic E-state index is -0.325. The molecule has 0 unspecified atom stereocenters. The number of hydrogen-bond donors (Lipinski definition) is 0. The monoisotopic (exact) mass is 500 g/mol. The third-order valence-electron chi connectivity index (χ3n) is 6.02. The van der Waals surface area contributed by atoms with Gasteiger partial charge in [0.05, 0.1) is 17.4 Å². The summed E-state index contributed by atoms with van der Waals surface area (Å²) in [5.74, 6) is 0. The average molecular weight is 501 g/mol. The standard InChI is InChI=1S/C18H19N5O.C9H13N3O/c1-22(13-6-4-3-5-7-13)17-14(11-20)18(24)23(2)15-9-8-12(10-19)21-16(15)17;1-9(2,3)13-11-7-8-5-4-6-10-12-8/h8-9,13H,3-7H2,1-2H3;4-7H,1-3H3/b;11-7+. The SMILES string of the molecule is CC(C)(C)O/N=C/c1cccnn1.CN(c1c(C#N)c(=O)n(C)c2ccc(C#N)nc12)C1CCCCC1. The van der Waals surface area contributed by atoms with Gasteiger partial charge >= 0.3 is 0 Å². The van der Waals surface area contributed by atoms with Crippen molar-refractivity contribution in [3.63, 3.8) is 0 Å². The summed E-state index contributed by atoms with van der Waals surface area (Å²) >= 11 is 0. The molecular formula is C27H32N8O2. The highest BCUT2D eigenvalue weighted by molar-refractivity contribution is 5.92. The topological polar surface area (TPSA) is 133 Å². The lowest BCUT2D eigenvalue weighted by Crippen LogP contribution is -2.36. The van der Waals surface area contributed by atoms with Crippen LogP contribution in [-0.4, -0.2) is 44.7 Å². The van der Waals surface area contributed by atoms with E-state index in [4.69, 9.17) is 10.1 Å². The highest BCUT2D eigenvalue weighted by atomic mass is 16.6. The average Bonchev–Trinajstić information content (AvgIpc) is 2.90. The van der Waals surface area contributed by atoms with Crippen molar-refractivity contribution in [2.45, 2.75) is 64.5 Å². The van der Waals surface area contributed by atoms with E-state index in [9.17, 15) is 10.1 Å². The van der Waals surface area contributed by atoms with Crippen LogP contribution in [0.15, 0.2) is 40.4 Å². The number of fused-ring (bicyclic) bond motifs is 1. The molecule has 0 atom stereocenters. The summed E-state index contributed by atoms with van der Waals surface area (Å²) in [4.78, 5) is 24.2. The van der Waals surface area contributed by atoms with E-state index in [1.807, 2.05) is 44.9 Å². The van der Waals surface area contributed by atoms with Crippen LogP contribution >= 0.6 is 0 Å². The summed E-state index contributed by atoms with van der Waals surface area (Å²) in [7, 11) is 3.55. The van der Waals surface area contributed by atoms with Crippen molar-refractivity contribution < 1.29 is 4.84 Å². The summed E-state index contributed by atoms with van der Waals surface area (Å²) in [6, 6.07) is 11.3. The van der Waals surface area contributed by atoms with E-state index >= 15 is 0 Å². The molecule has 37 heavy (non-hydrogen) atoms. The Morgan fingerprint density at radius 2 is 1.89 bits per heavy atom. The molecule has 0 saturated heterocycles. The van der Waals surface area contributed by atoms with E-state index in [1.165, 1.54) is 17.2 Å². The molecule has 1 aliphatic carbocycles. The van der Waals surface area contributed by atoms with E-state index in [2.05, 4.69) is 26.4 Å². The first kappa shape index (κ1) is 27.3. The highest BCUT2D eigenvalue weighted by Gasteiger charge is 2.25. The Morgan fingerprint density at radius 3 is 2.49 bits per heavy atom. The second-order valence-electron chi connectivity index (χ2n) is 9.87. The molecule has 192 valence electrons. The van der Waals surface area contributed by atoms with Crippen LogP contribution in [0.3, 0.4) is 0 Å². The predicted molar refractivity (Wildman–Crippen MR) is 142 cm³/mol. The number of pyridine rings is 2. The molecule has 1 aliphatic rings. The van der Waals surface area contributed by atoms with Crippen molar-refractivity contribution in [2.75, 3.05) is 11.9 Å². The van der Waals surface area contributed by atoms with Gasteiger partial charge in [0.1, 0.15) is 40.2 Å². The molecule has 3 aromatic rings. The fraction of sp³-hybridized carbons (Fsp3) is 0.444. The van der Waals surface area contributed by atoms with Gasteiger partial charge in [-0.1, -0.05) is 24.4 Å². The summed E-state index contributed by atoms with van der Waals surface area (Å²) in [6.07, 6.45) is 8.75. The van der Waals surface area contributed by atoms with Gasteiger partial charge in [0, 0.05) is 26.3 Å². The number of oxime groups is 1. The van der Waals surface area contributed by atoms with Crippen LogP contribution in [0.4, 0.5) is 5.69 Å². The first-order chi connectivity index (χ1) is 17.7. The third kappa shape index (κ3) is 6.89. The van der Waals surface area contributed by atoms with Crippen LogP contribution < -0.4 is 10.5 Å². The van der Waals surface area contributed by atoms with Crippen molar-refractivity contribution in [3.05, 3.63) is 57.8 Å². The Labute approximate surface area is 216 Å². The Morgan fingerprint density at radius 1 is 1.16 bits per heavy atom. The van der Waals surface area contributed by atoms with Gasteiger partial charge in [0.25, 0.3) is 5.56 Å². The molecule has 3 aromatic heterocycles. The number of aromatic nitrogens is 4. The number of aryl methyl sites for hydroxylation is 1. The van der Waals surface area contributed by atoms with Gasteiger partial charge in [-0.05, 0) is 57.9 Å². The van der Waals surface area contributed by atoms with Gasteiger partial charge in [-0.25, -0.2) is 4.98 Å². The van der Waals surface area contributed by atoms with Crippen molar-refractivity contribution >= 4 is 22.9 Å². The lowest BCUT2D eigenvalue weighted by Gasteiger charge is -2.33. The van der Waals surface area contributed by atoms with Crippen molar-refractivity contribution in [1.29, 1.82) is 10.5 Å². The van der Waals surface area contributed by atoms with Gasteiger partial charge in [-0.3, -0.25) is 4.79 Å². The summed E-state index contributed by atoms with van der Waals surface area (Å²) < 4.78 is 1.43. The Kier molecular flexibility index (Phi) is 8.91. The largest absolute Gasteiger partial charge is 0.390 e. The number of nitriles is 2. The fourth-order valence-corrected chi connectivity index (χ4v) is 4.17. The first-order valence-electron chi connectivity index (χ1n) is 12.2. The van der Waals surface area contributed by atoms with E-state index in [0.717, 1.165) is 25.7 Å². The molecule has 0 spiro atoms. The predicted octanol–water partition coefficient (Wildman–Crippen LogP) is 4.07. The molecule has 0 radical (unpaired) electrons. The lowest BCUT2D eigenvalue weighted by atomic mass is 9.93. The van der Waals surface area contributed by atoms with Gasteiger partial charge in [-0.2, -0.15) is 15.6 Å². The van der Waals surface area contributed by atoms with E-state index in [-0.39, 0.29) is 28.5 Å². The molecule has 1 fully saturated rings. The third-order valence-corrected chi connectivity index (χ3v) is 6.02. The van der Waals surface area contributed by atoms with E-state index in [0.29, 0.717) is 22.4 Å². The number of rotatable bonds is 4. The Bertz CT molecular complexity index is 1390. The van der Waals surface area contributed by atoms with Gasteiger partial charge in [0.2, 0.25) is 0 Å². The van der Waals surface area contributed by atoms with E-state index < -0.39 is 0 Å². The van der Waals surface area contributed by atoms with Crippen LogP contribution in [0.5, 0.6) is 0 Å². The summed E-state index contributed by atoms with van der Waals surface area (Å²) in [6.45, 7) is 5.79. The minimum absolute atomic E-state index is 0.0978. The van der Waals surface area contributed by atoms with Crippen LogP contribution in [0.2, 0.25) is 0 Å². The molecule has 0 N–H and O–H groups in total. The van der Waals surface area contributed by atoms with Crippen LogP contribution in [0, 0.1) is 22.7 Å². The maximum atomic E-state index is 12.6. The second-order valence-corrected chi connectivity index (χ2v) is 9.87. The zero-order valence-corrected chi connectivity index (χ0v) is 22.0. The first-order valence-corrected chi connectivity index (χ1v) is 12.2. The zero-order valence-electron chi connectivity index (χ0n) is 22.0. The molecule has 0 amide bonds. The van der Waals surface area contributed by atoms with E-state index in [1.54, 1.807) is 31.4 Å². The summed E-state index contributed by atoms with van der Waals surface area (Å²) in [5, 5.41) is 30.0. The second kappa shape index (κ2) is 12.1. The molecule has 0 bridgehead atoms. The maximum absolute atomic E-state index is 12.6. The quantitative estimate of drug-likeness (QED) is 0.387. The fourth-order valence-electron chi connectivity index (χ4n) is 4.17. The zero-order chi connectivity index (χ0) is 27.0. The van der Waals surface area contributed by atoms with Crippen LogP contribution in [0.25, 0.3) is 11.0 Å². The van der Waals surface area contributed by atoms with Gasteiger partial charge < -0.3 is 14.3 Å². The number of nitrogens with zero attached hydrogens (tertiary/aromatic N) is 8.